The van der Waals surface area contributed by atoms with Crippen molar-refractivity contribution >= 4 is 11.7 Å². The number of amides is 1. The highest BCUT2D eigenvalue weighted by Gasteiger charge is 2.22. The van der Waals surface area contributed by atoms with E-state index >= 15 is 0 Å². The fourth-order valence-corrected chi connectivity index (χ4v) is 2.51. The van der Waals surface area contributed by atoms with Gasteiger partial charge in [-0.25, -0.2) is 10.8 Å². The van der Waals surface area contributed by atoms with Gasteiger partial charge in [0.05, 0.1) is 0 Å². The molecule has 1 unspecified atom stereocenters. The number of carbonyl (C=O) groups excluding carboxylic acids is 1. The van der Waals surface area contributed by atoms with Crippen molar-refractivity contribution < 1.29 is 4.79 Å². The summed E-state index contributed by atoms with van der Waals surface area (Å²) in [6.45, 7) is 5.51. The molecule has 1 aliphatic heterocycles. The van der Waals surface area contributed by atoms with Gasteiger partial charge in [0.25, 0.3) is 5.91 Å². The van der Waals surface area contributed by atoms with Crippen LogP contribution in [0, 0.1) is 6.92 Å². The zero-order valence-corrected chi connectivity index (χ0v) is 12.9. The average molecular weight is 292 g/mol. The van der Waals surface area contributed by atoms with Gasteiger partial charge in [0.2, 0.25) is 0 Å². The maximum atomic E-state index is 12.3. The van der Waals surface area contributed by atoms with E-state index in [1.54, 1.807) is 12.1 Å². The maximum absolute atomic E-state index is 12.3. The van der Waals surface area contributed by atoms with Gasteiger partial charge in [-0.3, -0.25) is 9.69 Å². The number of hydrogen-bond donors (Lipinski definition) is 3. The van der Waals surface area contributed by atoms with Gasteiger partial charge in [-0.1, -0.05) is 0 Å². The number of pyridine rings is 1. The minimum Gasteiger partial charge on any atom is -0.350 e. The van der Waals surface area contributed by atoms with Gasteiger partial charge in [-0.2, -0.15) is 0 Å². The van der Waals surface area contributed by atoms with Gasteiger partial charge in [-0.15, -0.1) is 0 Å². The maximum Gasteiger partial charge on any atom is 0.251 e. The molecule has 116 valence electrons. The van der Waals surface area contributed by atoms with E-state index in [0.717, 1.165) is 25.3 Å². The molecule has 0 spiro atoms. The van der Waals surface area contributed by atoms with E-state index in [2.05, 4.69) is 39.6 Å². The molecule has 1 amide bonds. The fourth-order valence-electron chi connectivity index (χ4n) is 2.51. The van der Waals surface area contributed by atoms with Crippen LogP contribution in [0.3, 0.4) is 0 Å². The summed E-state index contributed by atoms with van der Waals surface area (Å²) >= 11 is 0. The number of rotatable bonds is 4. The Morgan fingerprint density at radius 3 is 2.90 bits per heavy atom. The van der Waals surface area contributed by atoms with Crippen molar-refractivity contribution in [3.63, 3.8) is 0 Å². The van der Waals surface area contributed by atoms with Gasteiger partial charge < -0.3 is 15.6 Å². The average Bonchev–Trinajstić information content (AvgIpc) is 2.47. The number of anilines is 1. The van der Waals surface area contributed by atoms with Crippen LogP contribution in [0.5, 0.6) is 0 Å². The Morgan fingerprint density at radius 2 is 2.19 bits per heavy atom. The van der Waals surface area contributed by atoms with E-state index in [1.807, 2.05) is 6.92 Å². The van der Waals surface area contributed by atoms with Crippen molar-refractivity contribution in [1.82, 2.24) is 20.1 Å². The van der Waals surface area contributed by atoms with Crippen LogP contribution in [0.25, 0.3) is 0 Å². The van der Waals surface area contributed by atoms with E-state index in [4.69, 9.17) is 5.84 Å². The van der Waals surface area contributed by atoms with Crippen molar-refractivity contribution in [2.75, 3.05) is 45.7 Å². The molecule has 0 saturated carbocycles. The summed E-state index contributed by atoms with van der Waals surface area (Å²) in [5.74, 6) is 5.75. The molecule has 0 aliphatic carbocycles. The van der Waals surface area contributed by atoms with Crippen LogP contribution in [0.4, 0.5) is 5.82 Å². The number of nitrogens with zero attached hydrogens (tertiary/aromatic N) is 3. The molecule has 0 aromatic carbocycles. The van der Waals surface area contributed by atoms with Crippen LogP contribution in [-0.4, -0.2) is 67.0 Å². The van der Waals surface area contributed by atoms with Crippen LogP contribution in [0.15, 0.2) is 12.1 Å². The second kappa shape index (κ2) is 6.84. The molecule has 0 bridgehead atoms. The van der Waals surface area contributed by atoms with Gasteiger partial charge >= 0.3 is 0 Å². The lowest BCUT2D eigenvalue weighted by Crippen LogP contribution is -2.54. The number of hydrazine groups is 1. The molecule has 1 atom stereocenters. The summed E-state index contributed by atoms with van der Waals surface area (Å²) in [5, 5.41) is 2.99. The molecule has 1 aliphatic rings. The molecule has 2 rings (SSSR count). The first-order valence-corrected chi connectivity index (χ1v) is 7.12. The number of hydrogen-bond acceptors (Lipinski definition) is 6. The normalized spacial score (nSPS) is 20.3. The Labute approximate surface area is 125 Å². The summed E-state index contributed by atoms with van der Waals surface area (Å²) in [6.07, 6.45) is 0. The molecular weight excluding hydrogens is 268 g/mol. The minimum absolute atomic E-state index is 0.0985. The number of likely N-dealkylation sites (N-methyl/N-ethyl adjacent to an activating group) is 2. The molecular formula is C14H24N6O. The van der Waals surface area contributed by atoms with E-state index in [-0.39, 0.29) is 5.91 Å². The largest absolute Gasteiger partial charge is 0.350 e. The minimum atomic E-state index is -0.0985. The molecule has 21 heavy (non-hydrogen) atoms. The third kappa shape index (κ3) is 4.13. The monoisotopic (exact) mass is 292 g/mol. The summed E-state index contributed by atoms with van der Waals surface area (Å²) in [7, 11) is 4.20. The number of nitrogens with one attached hydrogen (secondary N) is 2. The van der Waals surface area contributed by atoms with Crippen molar-refractivity contribution in [2.24, 2.45) is 5.84 Å². The summed E-state index contributed by atoms with van der Waals surface area (Å²) in [5.41, 5.74) is 3.80. The van der Waals surface area contributed by atoms with Crippen molar-refractivity contribution in [1.29, 1.82) is 0 Å². The number of aryl methyl sites for hydroxylation is 1. The molecule has 4 N–H and O–H groups in total. The van der Waals surface area contributed by atoms with Crippen LogP contribution < -0.4 is 16.6 Å². The Morgan fingerprint density at radius 1 is 1.43 bits per heavy atom. The number of piperazine rings is 1. The van der Waals surface area contributed by atoms with Gasteiger partial charge in [0.1, 0.15) is 5.82 Å². The van der Waals surface area contributed by atoms with E-state index in [1.165, 1.54) is 0 Å². The molecule has 1 aromatic heterocycles. The van der Waals surface area contributed by atoms with Gasteiger partial charge in [0, 0.05) is 43.5 Å². The lowest BCUT2D eigenvalue weighted by molar-refractivity contribution is 0.0881. The zero-order valence-electron chi connectivity index (χ0n) is 12.9. The highest BCUT2D eigenvalue weighted by molar-refractivity contribution is 5.95. The lowest BCUT2D eigenvalue weighted by atomic mass is 10.1. The Balaban J connectivity index is 1.96. The molecule has 1 fully saturated rings. The second-order valence-electron chi connectivity index (χ2n) is 5.63. The first kappa shape index (κ1) is 15.7. The SMILES string of the molecule is Cc1cc(C(=O)NCC2CN(C)CCN2C)cc(NN)n1. The quantitative estimate of drug-likeness (QED) is 0.519. The summed E-state index contributed by atoms with van der Waals surface area (Å²) < 4.78 is 0. The van der Waals surface area contributed by atoms with Crippen LogP contribution in [-0.2, 0) is 0 Å². The predicted octanol–water partition coefficient (Wildman–Crippen LogP) is -0.349. The standard InChI is InChI=1S/C14H24N6O/c1-10-6-11(7-13(17-10)18-15)14(21)16-8-12-9-19(2)4-5-20(12)3/h6-7,12H,4-5,8-9,15H2,1-3H3,(H,16,21)(H,17,18). The zero-order chi connectivity index (χ0) is 15.4. The number of nitrogen functional groups attached to an aromatic ring is 1. The Hall–Kier alpha value is -1.70. The third-order valence-corrected chi connectivity index (χ3v) is 3.84. The van der Waals surface area contributed by atoms with Gasteiger partial charge in [0.15, 0.2) is 0 Å². The molecule has 0 radical (unpaired) electrons. The Kier molecular flexibility index (Phi) is 5.11. The lowest BCUT2D eigenvalue weighted by Gasteiger charge is -2.37. The van der Waals surface area contributed by atoms with E-state index in [9.17, 15) is 4.79 Å². The smallest absolute Gasteiger partial charge is 0.251 e. The van der Waals surface area contributed by atoms with Crippen molar-refractivity contribution in [2.45, 2.75) is 13.0 Å². The third-order valence-electron chi connectivity index (χ3n) is 3.84. The summed E-state index contributed by atoms with van der Waals surface area (Å²) in [4.78, 5) is 21.0. The van der Waals surface area contributed by atoms with E-state index < -0.39 is 0 Å². The van der Waals surface area contributed by atoms with Gasteiger partial charge in [-0.05, 0) is 33.2 Å². The number of carbonyl (C=O) groups is 1. The molecule has 1 aromatic rings. The number of aromatic nitrogens is 1. The highest BCUT2D eigenvalue weighted by Crippen LogP contribution is 2.10. The first-order chi connectivity index (χ1) is 9.99. The molecule has 7 heteroatoms. The van der Waals surface area contributed by atoms with E-state index in [0.29, 0.717) is 24.0 Å². The highest BCUT2D eigenvalue weighted by atomic mass is 16.1. The molecule has 2 heterocycles. The topological polar surface area (TPSA) is 86.5 Å². The van der Waals surface area contributed by atoms with Crippen LogP contribution in [0.2, 0.25) is 0 Å². The fraction of sp³-hybridized carbons (Fsp3) is 0.571. The predicted molar refractivity (Wildman–Crippen MR) is 83.0 cm³/mol. The Bertz CT molecular complexity index is 506. The van der Waals surface area contributed by atoms with Crippen molar-refractivity contribution in [3.05, 3.63) is 23.4 Å². The number of nitrogens with two attached hydrogens (primary N) is 1. The van der Waals surface area contributed by atoms with Crippen LogP contribution >= 0.6 is 0 Å². The summed E-state index contributed by atoms with van der Waals surface area (Å²) in [6, 6.07) is 3.74. The van der Waals surface area contributed by atoms with Crippen molar-refractivity contribution in [3.8, 4) is 0 Å². The molecule has 1 saturated heterocycles. The van der Waals surface area contributed by atoms with Crippen LogP contribution in [0.1, 0.15) is 16.1 Å². The first-order valence-electron chi connectivity index (χ1n) is 7.12. The molecule has 7 nitrogen and oxygen atoms in total. The second-order valence-corrected chi connectivity index (χ2v) is 5.63.